The maximum absolute atomic E-state index is 12.9. The lowest BCUT2D eigenvalue weighted by Gasteiger charge is -2.09. The van der Waals surface area contributed by atoms with Crippen LogP contribution >= 0.6 is 11.6 Å². The van der Waals surface area contributed by atoms with Crippen LogP contribution in [0.25, 0.3) is 5.69 Å². The minimum atomic E-state index is -3.76. The Morgan fingerprint density at radius 3 is 2.26 bits per heavy atom. The molecule has 0 saturated carbocycles. The van der Waals surface area contributed by atoms with E-state index < -0.39 is 15.8 Å². The van der Waals surface area contributed by atoms with Crippen molar-refractivity contribution in [3.05, 3.63) is 71.8 Å². The second-order valence-corrected chi connectivity index (χ2v) is 6.83. The second kappa shape index (κ2) is 6.02. The number of nitrogens with one attached hydrogen (secondary N) is 1. The number of sulfonamides is 1. The van der Waals surface area contributed by atoms with Gasteiger partial charge in [-0.05, 0) is 48.5 Å². The van der Waals surface area contributed by atoms with Crippen LogP contribution in [0.2, 0.25) is 5.02 Å². The van der Waals surface area contributed by atoms with Crippen LogP contribution in [0.15, 0.2) is 65.8 Å². The highest BCUT2D eigenvalue weighted by Crippen LogP contribution is 2.19. The number of rotatable bonds is 4. The molecule has 0 bridgehead atoms. The first-order chi connectivity index (χ1) is 10.9. The Labute approximate surface area is 137 Å². The first-order valence-electron chi connectivity index (χ1n) is 6.53. The fourth-order valence-corrected chi connectivity index (χ4v) is 3.15. The molecule has 8 heteroatoms. The standard InChI is InChI=1S/C15H11ClFN3O2S/c16-11-9-18-20(10-11)14-5-3-13(4-6-14)19-23(21,22)15-7-1-12(17)2-8-15/h1-10,19H. The van der Waals surface area contributed by atoms with Gasteiger partial charge in [0.2, 0.25) is 0 Å². The van der Waals surface area contributed by atoms with Gasteiger partial charge in [-0.25, -0.2) is 17.5 Å². The number of anilines is 1. The molecule has 0 aliphatic carbocycles. The van der Waals surface area contributed by atoms with Crippen LogP contribution in [0.5, 0.6) is 0 Å². The van der Waals surface area contributed by atoms with Crippen molar-refractivity contribution in [2.45, 2.75) is 4.90 Å². The highest BCUT2D eigenvalue weighted by Gasteiger charge is 2.14. The van der Waals surface area contributed by atoms with Gasteiger partial charge in [-0.2, -0.15) is 5.10 Å². The van der Waals surface area contributed by atoms with Gasteiger partial charge in [0.25, 0.3) is 10.0 Å². The summed E-state index contributed by atoms with van der Waals surface area (Å²) in [6.07, 6.45) is 3.14. The molecule has 0 saturated heterocycles. The molecule has 1 N–H and O–H groups in total. The molecule has 118 valence electrons. The van der Waals surface area contributed by atoms with Crippen LogP contribution in [0.3, 0.4) is 0 Å². The van der Waals surface area contributed by atoms with E-state index >= 15 is 0 Å². The second-order valence-electron chi connectivity index (χ2n) is 4.71. The Morgan fingerprint density at radius 1 is 1.04 bits per heavy atom. The molecule has 0 atom stereocenters. The lowest BCUT2D eigenvalue weighted by Crippen LogP contribution is -2.12. The molecule has 1 aromatic heterocycles. The molecule has 0 aliphatic rings. The van der Waals surface area contributed by atoms with Gasteiger partial charge in [0.15, 0.2) is 0 Å². The summed E-state index contributed by atoms with van der Waals surface area (Å²) >= 11 is 5.81. The van der Waals surface area contributed by atoms with E-state index in [2.05, 4.69) is 9.82 Å². The number of benzene rings is 2. The largest absolute Gasteiger partial charge is 0.280 e. The van der Waals surface area contributed by atoms with Crippen LogP contribution in [0, 0.1) is 5.82 Å². The number of nitrogens with zero attached hydrogens (tertiary/aromatic N) is 2. The molecule has 0 amide bonds. The van der Waals surface area contributed by atoms with Crippen molar-refractivity contribution in [2.24, 2.45) is 0 Å². The van der Waals surface area contributed by atoms with E-state index in [4.69, 9.17) is 11.6 Å². The van der Waals surface area contributed by atoms with Gasteiger partial charge in [0, 0.05) is 11.9 Å². The van der Waals surface area contributed by atoms with Crippen LogP contribution in [0.1, 0.15) is 0 Å². The van der Waals surface area contributed by atoms with Crippen molar-refractivity contribution in [3.63, 3.8) is 0 Å². The summed E-state index contributed by atoms with van der Waals surface area (Å²) in [6, 6.07) is 11.2. The van der Waals surface area contributed by atoms with E-state index in [1.54, 1.807) is 35.1 Å². The Balaban J connectivity index is 1.81. The van der Waals surface area contributed by atoms with Crippen LogP contribution in [0.4, 0.5) is 10.1 Å². The first kappa shape index (κ1) is 15.5. The van der Waals surface area contributed by atoms with Gasteiger partial charge in [-0.3, -0.25) is 4.72 Å². The fraction of sp³-hybridized carbons (Fsp3) is 0. The predicted octanol–water partition coefficient (Wildman–Crippen LogP) is 3.47. The Kier molecular flexibility index (Phi) is 4.06. The maximum Gasteiger partial charge on any atom is 0.261 e. The zero-order valence-corrected chi connectivity index (χ0v) is 13.2. The van der Waals surface area contributed by atoms with Gasteiger partial charge in [0.05, 0.1) is 21.8 Å². The molecule has 3 rings (SSSR count). The quantitative estimate of drug-likeness (QED) is 0.782. The van der Waals surface area contributed by atoms with E-state index in [1.807, 2.05) is 0 Å². The fourth-order valence-electron chi connectivity index (χ4n) is 1.95. The number of hydrogen-bond donors (Lipinski definition) is 1. The third-order valence-electron chi connectivity index (χ3n) is 3.06. The maximum atomic E-state index is 12.9. The van der Waals surface area contributed by atoms with Gasteiger partial charge >= 0.3 is 0 Å². The summed E-state index contributed by atoms with van der Waals surface area (Å²) in [5.74, 6) is -0.494. The summed E-state index contributed by atoms with van der Waals surface area (Å²) in [5, 5.41) is 4.56. The van der Waals surface area contributed by atoms with E-state index in [0.717, 1.165) is 17.8 Å². The summed E-state index contributed by atoms with van der Waals surface area (Å²) in [4.78, 5) is -0.0122. The van der Waals surface area contributed by atoms with Gasteiger partial charge in [-0.1, -0.05) is 11.6 Å². The SMILES string of the molecule is O=S(=O)(Nc1ccc(-n2cc(Cl)cn2)cc1)c1ccc(F)cc1. The lowest BCUT2D eigenvalue weighted by molar-refractivity contribution is 0.599. The van der Waals surface area contributed by atoms with Crippen molar-refractivity contribution in [1.29, 1.82) is 0 Å². The normalized spacial score (nSPS) is 11.4. The molecule has 3 aromatic rings. The summed E-state index contributed by atoms with van der Waals surface area (Å²) in [5.41, 5.74) is 1.12. The number of halogens is 2. The predicted molar refractivity (Wildman–Crippen MR) is 85.8 cm³/mol. The topological polar surface area (TPSA) is 64.0 Å². The van der Waals surface area contributed by atoms with Gasteiger partial charge in [0.1, 0.15) is 5.82 Å². The van der Waals surface area contributed by atoms with Crippen molar-refractivity contribution in [3.8, 4) is 5.69 Å². The summed E-state index contributed by atoms with van der Waals surface area (Å²) in [7, 11) is -3.76. The molecule has 2 aromatic carbocycles. The highest BCUT2D eigenvalue weighted by atomic mass is 35.5. The molecule has 0 spiro atoms. The van der Waals surface area contributed by atoms with E-state index in [0.29, 0.717) is 10.7 Å². The summed E-state index contributed by atoms with van der Waals surface area (Å²) < 4.78 is 41.3. The highest BCUT2D eigenvalue weighted by molar-refractivity contribution is 7.92. The molecule has 0 aliphatic heterocycles. The summed E-state index contributed by atoms with van der Waals surface area (Å²) in [6.45, 7) is 0. The average Bonchev–Trinajstić information content (AvgIpc) is 2.95. The van der Waals surface area contributed by atoms with Crippen LogP contribution < -0.4 is 4.72 Å². The minimum absolute atomic E-state index is 0.0122. The zero-order valence-electron chi connectivity index (χ0n) is 11.6. The molecule has 0 unspecified atom stereocenters. The smallest absolute Gasteiger partial charge is 0.261 e. The van der Waals surface area contributed by atoms with E-state index in [1.165, 1.54) is 18.3 Å². The molecule has 23 heavy (non-hydrogen) atoms. The Morgan fingerprint density at radius 2 is 1.70 bits per heavy atom. The molecule has 0 radical (unpaired) electrons. The van der Waals surface area contributed by atoms with Gasteiger partial charge < -0.3 is 0 Å². The number of hydrogen-bond acceptors (Lipinski definition) is 3. The monoisotopic (exact) mass is 351 g/mol. The molecular weight excluding hydrogens is 341 g/mol. The molecule has 5 nitrogen and oxygen atoms in total. The Hall–Kier alpha value is -2.38. The molecular formula is C15H11ClFN3O2S. The third kappa shape index (κ3) is 3.52. The molecule has 0 fully saturated rings. The zero-order chi connectivity index (χ0) is 16.4. The van der Waals surface area contributed by atoms with Crippen molar-refractivity contribution in [2.75, 3.05) is 4.72 Å². The number of aromatic nitrogens is 2. The van der Waals surface area contributed by atoms with Crippen molar-refractivity contribution < 1.29 is 12.8 Å². The average molecular weight is 352 g/mol. The van der Waals surface area contributed by atoms with Crippen LogP contribution in [-0.2, 0) is 10.0 Å². The lowest BCUT2D eigenvalue weighted by atomic mass is 10.3. The minimum Gasteiger partial charge on any atom is -0.280 e. The first-order valence-corrected chi connectivity index (χ1v) is 8.39. The third-order valence-corrected chi connectivity index (χ3v) is 4.65. The van der Waals surface area contributed by atoms with Crippen molar-refractivity contribution in [1.82, 2.24) is 9.78 Å². The van der Waals surface area contributed by atoms with E-state index in [9.17, 15) is 12.8 Å². The van der Waals surface area contributed by atoms with Crippen molar-refractivity contribution >= 4 is 27.3 Å². The van der Waals surface area contributed by atoms with E-state index in [-0.39, 0.29) is 4.90 Å². The van der Waals surface area contributed by atoms with Crippen LogP contribution in [-0.4, -0.2) is 18.2 Å². The molecule has 1 heterocycles. The van der Waals surface area contributed by atoms with Gasteiger partial charge in [-0.15, -0.1) is 0 Å². The Bertz CT molecular complexity index is 922.